The average Bonchev–Trinajstić information content (AvgIpc) is 3.28. The van der Waals surface area contributed by atoms with Crippen molar-refractivity contribution < 1.29 is 14.6 Å². The van der Waals surface area contributed by atoms with E-state index in [1.165, 1.54) is 12.0 Å². The van der Waals surface area contributed by atoms with Gasteiger partial charge in [0.25, 0.3) is 0 Å². The maximum absolute atomic E-state index is 12.3. The van der Waals surface area contributed by atoms with Gasteiger partial charge in [0, 0.05) is 42.8 Å². The van der Waals surface area contributed by atoms with E-state index in [0.717, 1.165) is 61.7 Å². The van der Waals surface area contributed by atoms with E-state index >= 15 is 0 Å². The van der Waals surface area contributed by atoms with Crippen LogP contribution in [0.4, 0.5) is 10.7 Å². The van der Waals surface area contributed by atoms with Gasteiger partial charge < -0.3 is 25.0 Å². The normalized spacial score (nSPS) is 16.0. The lowest BCUT2D eigenvalue weighted by molar-refractivity contribution is 0.0601. The highest BCUT2D eigenvalue weighted by atomic mass is 32.1. The molecule has 148 valence electrons. The van der Waals surface area contributed by atoms with Gasteiger partial charge in [-0.3, -0.25) is 0 Å². The lowest BCUT2D eigenvalue weighted by Gasteiger charge is -2.37. The van der Waals surface area contributed by atoms with Crippen LogP contribution >= 0.6 is 23.6 Å². The number of thiophene rings is 1. The molecule has 0 radical (unpaired) electrons. The number of anilines is 2. The van der Waals surface area contributed by atoms with Gasteiger partial charge in [-0.05, 0) is 49.2 Å². The minimum Gasteiger partial charge on any atom is -0.508 e. The fraction of sp³-hybridized carbons (Fsp3) is 0.400. The number of carbonyl (C=O) groups excluding carboxylic acids is 1. The quantitative estimate of drug-likeness (QED) is 0.587. The van der Waals surface area contributed by atoms with Crippen LogP contribution in [0, 0.1) is 0 Å². The van der Waals surface area contributed by atoms with Crippen molar-refractivity contribution >= 4 is 45.3 Å². The maximum Gasteiger partial charge on any atom is 0.341 e. The van der Waals surface area contributed by atoms with E-state index in [1.807, 2.05) is 12.1 Å². The number of piperazine rings is 1. The van der Waals surface area contributed by atoms with Gasteiger partial charge in [-0.1, -0.05) is 6.07 Å². The number of nitrogens with one attached hydrogen (secondary N) is 1. The largest absolute Gasteiger partial charge is 0.508 e. The van der Waals surface area contributed by atoms with Crippen LogP contribution in [-0.2, 0) is 17.6 Å². The molecule has 1 aromatic carbocycles. The van der Waals surface area contributed by atoms with Crippen molar-refractivity contribution in [2.45, 2.75) is 19.3 Å². The molecular weight excluding hydrogens is 394 g/mol. The monoisotopic (exact) mass is 417 g/mol. The summed E-state index contributed by atoms with van der Waals surface area (Å²) in [6, 6.07) is 7.31. The van der Waals surface area contributed by atoms with Gasteiger partial charge in [-0.15, -0.1) is 11.3 Å². The first-order chi connectivity index (χ1) is 13.6. The van der Waals surface area contributed by atoms with Crippen molar-refractivity contribution in [1.82, 2.24) is 4.90 Å². The zero-order valence-electron chi connectivity index (χ0n) is 15.7. The van der Waals surface area contributed by atoms with Crippen LogP contribution < -0.4 is 10.2 Å². The number of carbonyl (C=O) groups is 1. The molecule has 0 unspecified atom stereocenters. The number of phenols is 1. The molecule has 6 nitrogen and oxygen atoms in total. The van der Waals surface area contributed by atoms with Gasteiger partial charge in [0.05, 0.1) is 12.7 Å². The average molecular weight is 418 g/mol. The van der Waals surface area contributed by atoms with Crippen molar-refractivity contribution in [2.24, 2.45) is 0 Å². The molecule has 2 N–H and O–H groups in total. The second-order valence-corrected chi connectivity index (χ2v) is 8.47. The zero-order valence-corrected chi connectivity index (χ0v) is 17.4. The first kappa shape index (κ1) is 19.0. The smallest absolute Gasteiger partial charge is 0.341 e. The topological polar surface area (TPSA) is 65.0 Å². The molecule has 0 atom stereocenters. The Morgan fingerprint density at radius 2 is 2.04 bits per heavy atom. The maximum atomic E-state index is 12.3. The highest BCUT2D eigenvalue weighted by molar-refractivity contribution is 7.80. The third kappa shape index (κ3) is 3.66. The van der Waals surface area contributed by atoms with Crippen LogP contribution in [0.1, 0.15) is 27.2 Å². The lowest BCUT2D eigenvalue weighted by atomic mass is 10.1. The number of thiocarbonyl (C=S) groups is 1. The van der Waals surface area contributed by atoms with Gasteiger partial charge >= 0.3 is 5.97 Å². The summed E-state index contributed by atoms with van der Waals surface area (Å²) in [6.45, 7) is 3.19. The second-order valence-electron chi connectivity index (χ2n) is 6.98. The number of esters is 1. The van der Waals surface area contributed by atoms with E-state index in [0.29, 0.717) is 10.7 Å². The molecule has 8 heteroatoms. The molecule has 2 aliphatic rings. The number of methoxy groups -OCH3 is 1. The Labute approximate surface area is 173 Å². The van der Waals surface area contributed by atoms with E-state index in [9.17, 15) is 9.90 Å². The van der Waals surface area contributed by atoms with Gasteiger partial charge in [0.15, 0.2) is 5.11 Å². The number of phenolic OH excluding ortho intramolecular Hbond substituents is 1. The molecule has 4 rings (SSSR count). The highest BCUT2D eigenvalue weighted by Crippen LogP contribution is 2.39. The van der Waals surface area contributed by atoms with Crippen LogP contribution in [-0.4, -0.2) is 54.4 Å². The Hall–Kier alpha value is -2.32. The summed E-state index contributed by atoms with van der Waals surface area (Å²) in [5, 5.41) is 14.4. The molecule has 0 bridgehead atoms. The molecule has 0 amide bonds. The van der Waals surface area contributed by atoms with Crippen LogP contribution in [0.5, 0.6) is 5.75 Å². The molecule has 1 aliphatic heterocycles. The van der Waals surface area contributed by atoms with Crippen molar-refractivity contribution in [3.05, 3.63) is 40.3 Å². The Morgan fingerprint density at radius 1 is 1.25 bits per heavy atom. The van der Waals surface area contributed by atoms with Gasteiger partial charge in [0.1, 0.15) is 10.8 Å². The molecular formula is C20H23N3O3S2. The Morgan fingerprint density at radius 3 is 2.75 bits per heavy atom. The number of fused-ring (bicyclic) bond motifs is 1. The molecule has 28 heavy (non-hydrogen) atoms. The number of nitrogens with zero attached hydrogens (tertiary/aromatic N) is 2. The van der Waals surface area contributed by atoms with E-state index in [1.54, 1.807) is 23.5 Å². The number of hydrogen-bond acceptors (Lipinski definition) is 6. The summed E-state index contributed by atoms with van der Waals surface area (Å²) in [4.78, 5) is 17.9. The van der Waals surface area contributed by atoms with Crippen molar-refractivity contribution in [2.75, 3.05) is 43.5 Å². The molecule has 1 aliphatic carbocycles. The third-order valence-electron chi connectivity index (χ3n) is 5.29. The van der Waals surface area contributed by atoms with Crippen LogP contribution in [0.2, 0.25) is 0 Å². The zero-order chi connectivity index (χ0) is 19.7. The number of rotatable bonds is 3. The first-order valence-corrected chi connectivity index (χ1v) is 10.6. The number of hydrogen-bond donors (Lipinski definition) is 2. The van der Waals surface area contributed by atoms with E-state index in [2.05, 4.69) is 15.1 Å². The molecule has 1 saturated heterocycles. The van der Waals surface area contributed by atoms with Crippen molar-refractivity contribution in [3.63, 3.8) is 0 Å². The Balaban J connectivity index is 1.42. The summed E-state index contributed by atoms with van der Waals surface area (Å²) < 4.78 is 5.00. The predicted octanol–water partition coefficient (Wildman–Crippen LogP) is 3.25. The second kappa shape index (κ2) is 7.97. The minimum atomic E-state index is -0.293. The SMILES string of the molecule is COC(=O)c1c(NC(=S)N2CCN(c3cccc(O)c3)CC2)sc2c1CCC2. The first-order valence-electron chi connectivity index (χ1n) is 9.39. The lowest BCUT2D eigenvalue weighted by Crippen LogP contribution is -2.50. The molecule has 0 spiro atoms. The van der Waals surface area contributed by atoms with Crippen molar-refractivity contribution in [3.8, 4) is 5.75 Å². The molecule has 2 heterocycles. The fourth-order valence-corrected chi connectivity index (χ4v) is 5.47. The van der Waals surface area contributed by atoms with E-state index in [-0.39, 0.29) is 11.7 Å². The van der Waals surface area contributed by atoms with Gasteiger partial charge in [0.2, 0.25) is 0 Å². The van der Waals surface area contributed by atoms with Crippen LogP contribution in [0.25, 0.3) is 0 Å². The predicted molar refractivity (Wildman–Crippen MR) is 116 cm³/mol. The van der Waals surface area contributed by atoms with Crippen LogP contribution in [0.15, 0.2) is 24.3 Å². The summed E-state index contributed by atoms with van der Waals surface area (Å²) in [5.41, 5.74) is 2.79. The van der Waals surface area contributed by atoms with E-state index < -0.39 is 0 Å². The molecule has 1 aromatic heterocycles. The fourth-order valence-electron chi connectivity index (χ4n) is 3.84. The Kier molecular flexibility index (Phi) is 5.41. The minimum absolute atomic E-state index is 0.276. The van der Waals surface area contributed by atoms with Crippen molar-refractivity contribution in [1.29, 1.82) is 0 Å². The molecule has 1 fully saturated rings. The summed E-state index contributed by atoms with van der Waals surface area (Å²) >= 11 is 7.25. The van der Waals surface area contributed by atoms with Gasteiger partial charge in [-0.25, -0.2) is 4.79 Å². The standard InChI is InChI=1S/C20H23N3O3S2/c1-26-19(25)17-15-6-3-7-16(15)28-18(17)21-20(27)23-10-8-22(9-11-23)13-4-2-5-14(24)12-13/h2,4-5,12,24H,3,6-11H2,1H3,(H,21,27). The highest BCUT2D eigenvalue weighted by Gasteiger charge is 2.28. The van der Waals surface area contributed by atoms with Gasteiger partial charge in [-0.2, -0.15) is 0 Å². The number of benzene rings is 1. The molecule has 0 saturated carbocycles. The number of aromatic hydroxyl groups is 1. The third-order valence-corrected chi connectivity index (χ3v) is 6.86. The summed E-state index contributed by atoms with van der Waals surface area (Å²) in [6.07, 6.45) is 3.03. The summed E-state index contributed by atoms with van der Waals surface area (Å²) in [7, 11) is 1.42. The number of ether oxygens (including phenoxy) is 1. The molecule has 2 aromatic rings. The summed E-state index contributed by atoms with van der Waals surface area (Å²) in [5.74, 6) is -0.0170. The van der Waals surface area contributed by atoms with Crippen LogP contribution in [0.3, 0.4) is 0 Å². The number of aryl methyl sites for hydroxylation is 1. The Bertz CT molecular complexity index is 904. The van der Waals surface area contributed by atoms with E-state index in [4.69, 9.17) is 17.0 Å².